The van der Waals surface area contributed by atoms with Gasteiger partial charge in [0.05, 0.1) is 0 Å². The van der Waals surface area contributed by atoms with Crippen LogP contribution in [0.5, 0.6) is 0 Å². The standard InChI is InChI=1S/C16H32N2/c1-13-6-8-16(11-17,10-14(13)2)18-9-5-7-15(3,4)12-18/h13-14H,5-12,17H2,1-4H3. The highest BCUT2D eigenvalue weighted by atomic mass is 15.2. The lowest BCUT2D eigenvalue weighted by atomic mass is 9.69. The third-order valence-electron chi connectivity index (χ3n) is 5.69. The van der Waals surface area contributed by atoms with E-state index in [1.807, 2.05) is 0 Å². The minimum absolute atomic E-state index is 0.309. The maximum Gasteiger partial charge on any atom is 0.0334 e. The molecular weight excluding hydrogens is 220 g/mol. The number of nitrogens with two attached hydrogens (primary N) is 1. The molecule has 1 aliphatic carbocycles. The summed E-state index contributed by atoms with van der Waals surface area (Å²) < 4.78 is 0. The zero-order chi connectivity index (χ0) is 13.4. The van der Waals surface area contributed by atoms with E-state index in [1.54, 1.807) is 0 Å². The van der Waals surface area contributed by atoms with Crippen LogP contribution in [0.1, 0.15) is 59.8 Å². The largest absolute Gasteiger partial charge is 0.329 e. The lowest BCUT2D eigenvalue weighted by Gasteiger charge is -2.53. The Bertz CT molecular complexity index is 287. The van der Waals surface area contributed by atoms with E-state index in [0.717, 1.165) is 18.4 Å². The van der Waals surface area contributed by atoms with Gasteiger partial charge in [0.1, 0.15) is 0 Å². The molecule has 0 spiro atoms. The van der Waals surface area contributed by atoms with Crippen molar-refractivity contribution in [2.45, 2.75) is 65.3 Å². The first-order chi connectivity index (χ1) is 8.38. The van der Waals surface area contributed by atoms with Crippen molar-refractivity contribution in [3.8, 4) is 0 Å². The monoisotopic (exact) mass is 252 g/mol. The van der Waals surface area contributed by atoms with Crippen LogP contribution in [0.3, 0.4) is 0 Å². The van der Waals surface area contributed by atoms with Crippen LogP contribution in [-0.2, 0) is 0 Å². The second-order valence-electron chi connectivity index (χ2n) is 7.82. The summed E-state index contributed by atoms with van der Waals surface area (Å²) in [5, 5.41) is 0. The van der Waals surface area contributed by atoms with Crippen LogP contribution in [0.2, 0.25) is 0 Å². The third kappa shape index (κ3) is 2.75. The van der Waals surface area contributed by atoms with Crippen molar-refractivity contribution < 1.29 is 0 Å². The van der Waals surface area contributed by atoms with Gasteiger partial charge in [-0.1, -0.05) is 27.7 Å². The molecule has 1 aliphatic heterocycles. The summed E-state index contributed by atoms with van der Waals surface area (Å²) in [7, 11) is 0. The summed E-state index contributed by atoms with van der Waals surface area (Å²) in [5.41, 5.74) is 7.01. The zero-order valence-electron chi connectivity index (χ0n) is 12.8. The van der Waals surface area contributed by atoms with Gasteiger partial charge in [-0.25, -0.2) is 0 Å². The van der Waals surface area contributed by atoms with Crippen molar-refractivity contribution in [1.82, 2.24) is 4.90 Å². The van der Waals surface area contributed by atoms with Crippen LogP contribution in [0.4, 0.5) is 0 Å². The molecule has 1 saturated carbocycles. The van der Waals surface area contributed by atoms with E-state index >= 15 is 0 Å². The first-order valence-corrected chi connectivity index (χ1v) is 7.84. The molecule has 2 fully saturated rings. The van der Waals surface area contributed by atoms with Crippen molar-refractivity contribution in [1.29, 1.82) is 0 Å². The van der Waals surface area contributed by atoms with Crippen LogP contribution in [0, 0.1) is 17.3 Å². The highest BCUT2D eigenvalue weighted by Gasteiger charge is 2.43. The van der Waals surface area contributed by atoms with Gasteiger partial charge in [-0.2, -0.15) is 0 Å². The SMILES string of the molecule is CC1CCC(CN)(N2CCCC(C)(C)C2)CC1C. The number of likely N-dealkylation sites (tertiary alicyclic amines) is 1. The molecule has 0 aromatic rings. The normalized spacial score (nSPS) is 41.8. The molecule has 1 heterocycles. The Morgan fingerprint density at radius 1 is 1.17 bits per heavy atom. The highest BCUT2D eigenvalue weighted by Crippen LogP contribution is 2.42. The Hall–Kier alpha value is -0.0800. The van der Waals surface area contributed by atoms with Gasteiger partial charge in [0.2, 0.25) is 0 Å². The molecule has 3 atom stereocenters. The Balaban J connectivity index is 2.12. The lowest BCUT2D eigenvalue weighted by Crippen LogP contribution is -2.60. The molecule has 0 aromatic heterocycles. The smallest absolute Gasteiger partial charge is 0.0334 e. The zero-order valence-corrected chi connectivity index (χ0v) is 12.8. The van der Waals surface area contributed by atoms with Crippen LogP contribution in [-0.4, -0.2) is 30.1 Å². The predicted octanol–water partition coefficient (Wildman–Crippen LogP) is 3.26. The second-order valence-corrected chi connectivity index (χ2v) is 7.82. The second kappa shape index (κ2) is 5.13. The molecule has 18 heavy (non-hydrogen) atoms. The molecule has 2 nitrogen and oxygen atoms in total. The van der Waals surface area contributed by atoms with Crippen molar-refractivity contribution in [2.24, 2.45) is 23.0 Å². The van der Waals surface area contributed by atoms with E-state index in [2.05, 4.69) is 32.6 Å². The summed E-state index contributed by atoms with van der Waals surface area (Å²) in [5.74, 6) is 1.70. The summed E-state index contributed by atoms with van der Waals surface area (Å²) in [6.07, 6.45) is 6.69. The van der Waals surface area contributed by atoms with E-state index in [0.29, 0.717) is 11.0 Å². The highest BCUT2D eigenvalue weighted by molar-refractivity contribution is 5.00. The summed E-state index contributed by atoms with van der Waals surface area (Å²) >= 11 is 0. The molecule has 0 amide bonds. The lowest BCUT2D eigenvalue weighted by molar-refractivity contribution is -0.0248. The molecule has 0 radical (unpaired) electrons. The molecule has 106 valence electrons. The quantitative estimate of drug-likeness (QED) is 0.817. The van der Waals surface area contributed by atoms with Crippen LogP contribution in [0.15, 0.2) is 0 Å². The van der Waals surface area contributed by atoms with E-state index < -0.39 is 0 Å². The molecule has 2 aliphatic rings. The number of hydrogen-bond donors (Lipinski definition) is 1. The van der Waals surface area contributed by atoms with E-state index in [-0.39, 0.29) is 0 Å². The molecule has 2 heteroatoms. The van der Waals surface area contributed by atoms with Crippen molar-refractivity contribution in [3.63, 3.8) is 0 Å². The maximum atomic E-state index is 6.22. The van der Waals surface area contributed by atoms with Gasteiger partial charge in [0.15, 0.2) is 0 Å². The van der Waals surface area contributed by atoms with Crippen molar-refractivity contribution in [2.75, 3.05) is 19.6 Å². The fourth-order valence-electron chi connectivity index (χ4n) is 4.11. The number of hydrogen-bond acceptors (Lipinski definition) is 2. The molecule has 0 bridgehead atoms. The molecule has 2 rings (SSSR count). The summed E-state index contributed by atoms with van der Waals surface area (Å²) in [4.78, 5) is 2.75. The minimum Gasteiger partial charge on any atom is -0.329 e. The van der Waals surface area contributed by atoms with Gasteiger partial charge in [-0.3, -0.25) is 4.90 Å². The molecule has 0 aromatic carbocycles. The molecule has 3 unspecified atom stereocenters. The van der Waals surface area contributed by atoms with E-state index in [4.69, 9.17) is 5.73 Å². The average molecular weight is 252 g/mol. The Labute approximate surface area is 113 Å². The van der Waals surface area contributed by atoms with Crippen LogP contribution < -0.4 is 5.73 Å². The van der Waals surface area contributed by atoms with Crippen LogP contribution in [0.25, 0.3) is 0 Å². The van der Waals surface area contributed by atoms with Gasteiger partial charge < -0.3 is 5.73 Å². The van der Waals surface area contributed by atoms with E-state index in [1.165, 1.54) is 45.2 Å². The maximum absolute atomic E-state index is 6.22. The Morgan fingerprint density at radius 3 is 2.44 bits per heavy atom. The van der Waals surface area contributed by atoms with Gasteiger partial charge >= 0.3 is 0 Å². The van der Waals surface area contributed by atoms with Gasteiger partial charge in [0.25, 0.3) is 0 Å². The third-order valence-corrected chi connectivity index (χ3v) is 5.69. The van der Waals surface area contributed by atoms with Crippen LogP contribution >= 0.6 is 0 Å². The fraction of sp³-hybridized carbons (Fsp3) is 1.00. The topological polar surface area (TPSA) is 29.3 Å². The van der Waals surface area contributed by atoms with Gasteiger partial charge in [-0.15, -0.1) is 0 Å². The van der Waals surface area contributed by atoms with Crippen molar-refractivity contribution >= 4 is 0 Å². The van der Waals surface area contributed by atoms with Crippen molar-refractivity contribution in [3.05, 3.63) is 0 Å². The molecule has 2 N–H and O–H groups in total. The number of nitrogens with zero attached hydrogens (tertiary/aromatic N) is 1. The summed E-state index contributed by atoms with van der Waals surface area (Å²) in [6, 6.07) is 0. The Kier molecular flexibility index (Phi) is 4.08. The number of rotatable bonds is 2. The fourth-order valence-corrected chi connectivity index (χ4v) is 4.11. The van der Waals surface area contributed by atoms with E-state index in [9.17, 15) is 0 Å². The first kappa shape index (κ1) is 14.3. The number of piperidine rings is 1. The van der Waals surface area contributed by atoms with Gasteiger partial charge in [-0.05, 0) is 55.9 Å². The van der Waals surface area contributed by atoms with Gasteiger partial charge in [0, 0.05) is 18.6 Å². The average Bonchev–Trinajstić information content (AvgIpc) is 2.32. The Morgan fingerprint density at radius 2 is 1.89 bits per heavy atom. The first-order valence-electron chi connectivity index (χ1n) is 7.84. The predicted molar refractivity (Wildman–Crippen MR) is 78.6 cm³/mol. The minimum atomic E-state index is 0.309. The molecular formula is C16H32N2. The molecule has 1 saturated heterocycles. The summed E-state index contributed by atoms with van der Waals surface area (Å²) in [6.45, 7) is 13.0.